The summed E-state index contributed by atoms with van der Waals surface area (Å²) in [5.41, 5.74) is 0. The Morgan fingerprint density at radius 3 is 3.06 bits per heavy atom. The Labute approximate surface area is 108 Å². The number of carbonyl (C=O) groups excluding carboxylic acids is 1. The number of nitrogens with zero attached hydrogens (tertiary/aromatic N) is 2. The summed E-state index contributed by atoms with van der Waals surface area (Å²) in [7, 11) is 0. The van der Waals surface area contributed by atoms with Crippen LogP contribution in [0.2, 0.25) is 0 Å². The summed E-state index contributed by atoms with van der Waals surface area (Å²) in [6, 6.07) is 0. The van der Waals surface area contributed by atoms with Crippen LogP contribution in [-0.2, 0) is 9.53 Å². The summed E-state index contributed by atoms with van der Waals surface area (Å²) in [5.74, 6) is 0.433. The lowest BCUT2D eigenvalue weighted by Gasteiger charge is -2.08. The summed E-state index contributed by atoms with van der Waals surface area (Å²) < 4.78 is 6.10. The number of hydrogen-bond acceptors (Lipinski definition) is 4. The maximum atomic E-state index is 11.6. The van der Waals surface area contributed by atoms with E-state index in [1.54, 1.807) is 6.20 Å². The van der Waals surface area contributed by atoms with Gasteiger partial charge in [0.05, 0.1) is 18.5 Å². The number of nitrogens with one attached hydrogen (secondary N) is 1. The van der Waals surface area contributed by atoms with E-state index in [0.29, 0.717) is 16.8 Å². The van der Waals surface area contributed by atoms with Gasteiger partial charge < -0.3 is 10.1 Å². The quantitative estimate of drug-likeness (QED) is 0.925. The van der Waals surface area contributed by atoms with E-state index in [1.807, 2.05) is 0 Å². The van der Waals surface area contributed by atoms with Gasteiger partial charge in [0, 0.05) is 13.0 Å². The minimum absolute atomic E-state index is 0.0443. The average molecular weight is 300 g/mol. The maximum Gasteiger partial charge on any atom is 0.225 e. The van der Waals surface area contributed by atoms with Crippen LogP contribution in [0, 0.1) is 0 Å². The van der Waals surface area contributed by atoms with E-state index >= 15 is 0 Å². The van der Waals surface area contributed by atoms with Gasteiger partial charge in [-0.25, -0.2) is 9.97 Å². The molecule has 1 saturated heterocycles. The van der Waals surface area contributed by atoms with E-state index in [9.17, 15) is 4.79 Å². The minimum Gasteiger partial charge on any atom is -0.378 e. The molecule has 1 aromatic rings. The van der Waals surface area contributed by atoms with E-state index in [0.717, 1.165) is 25.9 Å². The van der Waals surface area contributed by atoms with Crippen molar-refractivity contribution in [2.24, 2.45) is 0 Å². The predicted molar refractivity (Wildman–Crippen MR) is 66.6 cm³/mol. The van der Waals surface area contributed by atoms with Crippen molar-refractivity contribution in [2.75, 3.05) is 11.9 Å². The van der Waals surface area contributed by atoms with Gasteiger partial charge in [-0.1, -0.05) is 0 Å². The summed E-state index contributed by atoms with van der Waals surface area (Å²) in [4.78, 5) is 19.6. The number of amides is 1. The Balaban J connectivity index is 1.74. The molecule has 5 nitrogen and oxygen atoms in total. The second-order valence-corrected chi connectivity index (χ2v) is 4.76. The molecule has 2 rings (SSSR count). The topological polar surface area (TPSA) is 64.1 Å². The largest absolute Gasteiger partial charge is 0.378 e. The molecule has 0 spiro atoms. The molecule has 1 aliphatic rings. The van der Waals surface area contributed by atoms with Gasteiger partial charge >= 0.3 is 0 Å². The van der Waals surface area contributed by atoms with Crippen LogP contribution < -0.4 is 5.32 Å². The van der Waals surface area contributed by atoms with E-state index in [1.165, 1.54) is 6.20 Å². The molecule has 92 valence electrons. The summed E-state index contributed by atoms with van der Waals surface area (Å²) in [5, 5.41) is 2.70. The zero-order chi connectivity index (χ0) is 12.1. The van der Waals surface area contributed by atoms with Crippen molar-refractivity contribution in [2.45, 2.75) is 31.8 Å². The number of halogens is 1. The first-order chi connectivity index (χ1) is 8.24. The number of anilines is 1. The number of hydrogen-bond donors (Lipinski definition) is 1. The fourth-order valence-electron chi connectivity index (χ4n) is 1.75. The number of rotatable bonds is 4. The van der Waals surface area contributed by atoms with Crippen LogP contribution in [0.4, 0.5) is 5.82 Å². The highest BCUT2D eigenvalue weighted by molar-refractivity contribution is 9.10. The van der Waals surface area contributed by atoms with Crippen LogP contribution in [0.25, 0.3) is 0 Å². The maximum absolute atomic E-state index is 11.6. The molecule has 1 unspecified atom stereocenters. The van der Waals surface area contributed by atoms with Crippen LogP contribution in [0.1, 0.15) is 25.7 Å². The summed E-state index contributed by atoms with van der Waals surface area (Å²) >= 11 is 3.18. The van der Waals surface area contributed by atoms with Crippen LogP contribution in [0.3, 0.4) is 0 Å². The Kier molecular flexibility index (Phi) is 4.44. The van der Waals surface area contributed by atoms with Crippen molar-refractivity contribution in [1.29, 1.82) is 0 Å². The normalized spacial score (nSPS) is 19.2. The van der Waals surface area contributed by atoms with Gasteiger partial charge in [-0.05, 0) is 35.2 Å². The molecule has 6 heteroatoms. The van der Waals surface area contributed by atoms with E-state index in [2.05, 4.69) is 31.2 Å². The molecule has 1 fully saturated rings. The van der Waals surface area contributed by atoms with Gasteiger partial charge in [-0.3, -0.25) is 4.79 Å². The Bertz CT molecular complexity index is 377. The molecule has 17 heavy (non-hydrogen) atoms. The predicted octanol–water partition coefficient (Wildman–Crippen LogP) is 2.14. The van der Waals surface area contributed by atoms with E-state index in [-0.39, 0.29) is 12.0 Å². The standard InChI is InChI=1S/C11H14BrN3O2/c12-9-6-14-10(7-13-9)15-11(16)4-3-8-2-1-5-17-8/h6-8H,1-5H2,(H,14,15,16). The molecule has 1 aliphatic heterocycles. The van der Waals surface area contributed by atoms with Crippen LogP contribution in [0.15, 0.2) is 17.0 Å². The molecule has 0 aromatic carbocycles. The number of carbonyl (C=O) groups is 1. The monoisotopic (exact) mass is 299 g/mol. The first-order valence-electron chi connectivity index (χ1n) is 5.63. The fraction of sp³-hybridized carbons (Fsp3) is 0.545. The second-order valence-electron chi connectivity index (χ2n) is 3.95. The zero-order valence-electron chi connectivity index (χ0n) is 9.36. The highest BCUT2D eigenvalue weighted by Gasteiger charge is 2.16. The van der Waals surface area contributed by atoms with Crippen LogP contribution in [-0.4, -0.2) is 28.6 Å². The summed E-state index contributed by atoms with van der Waals surface area (Å²) in [6.45, 7) is 0.824. The van der Waals surface area contributed by atoms with Crippen molar-refractivity contribution in [3.63, 3.8) is 0 Å². The lowest BCUT2D eigenvalue weighted by molar-refractivity contribution is -0.116. The van der Waals surface area contributed by atoms with Gasteiger partial charge in [0.25, 0.3) is 0 Å². The Hall–Kier alpha value is -1.01. The second kappa shape index (κ2) is 6.07. The van der Waals surface area contributed by atoms with Gasteiger partial charge in [0.1, 0.15) is 4.60 Å². The minimum atomic E-state index is -0.0443. The first-order valence-corrected chi connectivity index (χ1v) is 6.42. The molecule has 0 aliphatic carbocycles. The average Bonchev–Trinajstić information content (AvgIpc) is 2.83. The van der Waals surface area contributed by atoms with Crippen molar-refractivity contribution < 1.29 is 9.53 Å². The van der Waals surface area contributed by atoms with Crippen molar-refractivity contribution in [1.82, 2.24) is 9.97 Å². The fourth-order valence-corrected chi connectivity index (χ4v) is 1.95. The highest BCUT2D eigenvalue weighted by atomic mass is 79.9. The Morgan fingerprint density at radius 1 is 1.53 bits per heavy atom. The molecule has 0 saturated carbocycles. The number of ether oxygens (including phenoxy) is 1. The third kappa shape index (κ3) is 4.05. The molecule has 1 amide bonds. The van der Waals surface area contributed by atoms with Crippen molar-refractivity contribution in [3.05, 3.63) is 17.0 Å². The smallest absolute Gasteiger partial charge is 0.225 e. The third-order valence-electron chi connectivity index (χ3n) is 2.61. The molecular weight excluding hydrogens is 286 g/mol. The van der Waals surface area contributed by atoms with Crippen LogP contribution >= 0.6 is 15.9 Å². The van der Waals surface area contributed by atoms with Gasteiger partial charge in [0.15, 0.2) is 5.82 Å². The molecule has 2 heterocycles. The third-order valence-corrected chi connectivity index (χ3v) is 3.01. The Morgan fingerprint density at radius 2 is 2.41 bits per heavy atom. The molecule has 1 atom stereocenters. The molecule has 0 radical (unpaired) electrons. The van der Waals surface area contributed by atoms with Gasteiger partial charge in [-0.15, -0.1) is 0 Å². The highest BCUT2D eigenvalue weighted by Crippen LogP contribution is 2.17. The molecule has 1 N–H and O–H groups in total. The van der Waals surface area contributed by atoms with Gasteiger partial charge in [0.2, 0.25) is 5.91 Å². The zero-order valence-corrected chi connectivity index (χ0v) is 10.9. The van der Waals surface area contributed by atoms with Crippen LogP contribution in [0.5, 0.6) is 0 Å². The van der Waals surface area contributed by atoms with E-state index < -0.39 is 0 Å². The summed E-state index contributed by atoms with van der Waals surface area (Å²) in [6.07, 6.45) is 6.72. The van der Waals surface area contributed by atoms with E-state index in [4.69, 9.17) is 4.74 Å². The van der Waals surface area contributed by atoms with Crippen molar-refractivity contribution in [3.8, 4) is 0 Å². The van der Waals surface area contributed by atoms with Crippen molar-refractivity contribution >= 4 is 27.7 Å². The molecule has 1 aromatic heterocycles. The lowest BCUT2D eigenvalue weighted by atomic mass is 10.1. The SMILES string of the molecule is O=C(CCC1CCCO1)Nc1cnc(Br)cn1. The molecular formula is C11H14BrN3O2. The lowest BCUT2D eigenvalue weighted by Crippen LogP contribution is -2.16. The van der Waals surface area contributed by atoms with Gasteiger partial charge in [-0.2, -0.15) is 0 Å². The molecule has 0 bridgehead atoms. The first kappa shape index (κ1) is 12.4. The number of aromatic nitrogens is 2.